The molecule has 0 aromatic heterocycles. The third kappa shape index (κ3) is 7.51. The van der Waals surface area contributed by atoms with Crippen LogP contribution in [0.2, 0.25) is 0 Å². The van der Waals surface area contributed by atoms with Crippen LogP contribution in [0.5, 0.6) is 0 Å². The largest absolute Gasteiger partial charge is 1.00 e. The molecule has 1 unspecified atom stereocenters. The monoisotopic (exact) mass is 671 g/mol. The summed E-state index contributed by atoms with van der Waals surface area (Å²) < 4.78 is 2.04. The Labute approximate surface area is 288 Å². The Hall–Kier alpha value is -4.64. The second kappa shape index (κ2) is 16.3. The Balaban J connectivity index is 0.00000433. The van der Waals surface area contributed by atoms with Gasteiger partial charge in [-0.15, -0.1) is 0 Å². The standard InChI is InChI=1S/C40H34N3OPS.ClH/c41-40(43(33-21-9-2-10-22-33)34-23-11-3-12-24-34)46-31-38(42-39(44)32-19-7-1-8-20-32)45(35-25-13-4-14-26-35,36-27-15-5-16-28-36)37-29-17-6-18-30-37;/h1-31,39,41-42H;1H. The van der Waals surface area contributed by atoms with E-state index in [0.29, 0.717) is 10.7 Å². The number of nitrogens with two attached hydrogens (primary N) is 1. The summed E-state index contributed by atoms with van der Waals surface area (Å²) in [5, 5.41) is 23.6. The SMILES string of the molecule is NC(SC=C(NC([O-])c1ccccc1)[P+](c1ccccc1)(c1ccccc1)c1ccccc1)=[N+](c1ccccc1)c1ccccc1.[Cl-]. The van der Waals surface area contributed by atoms with Gasteiger partial charge in [-0.2, -0.15) is 4.58 Å². The molecule has 1 atom stereocenters. The van der Waals surface area contributed by atoms with Gasteiger partial charge >= 0.3 is 5.17 Å². The number of para-hydroxylation sites is 2. The van der Waals surface area contributed by atoms with Crippen molar-refractivity contribution in [1.82, 2.24) is 9.89 Å². The van der Waals surface area contributed by atoms with E-state index in [9.17, 15) is 5.11 Å². The van der Waals surface area contributed by atoms with Gasteiger partial charge in [0.2, 0.25) is 0 Å². The number of hydrogen-bond donors (Lipinski definition) is 2. The molecule has 0 saturated heterocycles. The number of hydrogen-bond acceptors (Lipinski definition) is 3. The lowest BCUT2D eigenvalue weighted by Crippen LogP contribution is -3.00. The van der Waals surface area contributed by atoms with Crippen LogP contribution >= 0.6 is 19.0 Å². The fourth-order valence-electron chi connectivity index (χ4n) is 5.60. The van der Waals surface area contributed by atoms with Crippen LogP contribution in [0.3, 0.4) is 0 Å². The third-order valence-electron chi connectivity index (χ3n) is 7.71. The second-order valence-electron chi connectivity index (χ2n) is 10.6. The Kier molecular flexibility index (Phi) is 11.7. The van der Waals surface area contributed by atoms with E-state index in [1.165, 1.54) is 11.8 Å². The molecular formula is C40H35ClN3OPS. The number of nitrogens with zero attached hydrogens (tertiary/aromatic N) is 1. The topological polar surface area (TPSA) is 64.1 Å². The zero-order valence-corrected chi connectivity index (χ0v) is 28.1. The quantitative estimate of drug-likeness (QED) is 0.0760. The average Bonchev–Trinajstić information content (AvgIpc) is 3.13. The number of benzene rings is 6. The first kappa shape index (κ1) is 33.7. The summed E-state index contributed by atoms with van der Waals surface area (Å²) >= 11 is 1.42. The maximum atomic E-state index is 14.1. The van der Waals surface area contributed by atoms with Crippen molar-refractivity contribution in [2.45, 2.75) is 6.23 Å². The fraction of sp³-hybridized carbons (Fsp3) is 0.0250. The summed E-state index contributed by atoms with van der Waals surface area (Å²) in [7, 11) is -2.63. The maximum absolute atomic E-state index is 14.1. The van der Waals surface area contributed by atoms with E-state index in [-0.39, 0.29) is 12.4 Å². The fourth-order valence-corrected chi connectivity index (χ4v) is 10.9. The minimum absolute atomic E-state index is 0. The highest BCUT2D eigenvalue weighted by atomic mass is 35.5. The van der Waals surface area contributed by atoms with E-state index in [1.54, 1.807) is 0 Å². The molecule has 0 aliphatic carbocycles. The van der Waals surface area contributed by atoms with Crippen LogP contribution in [0.15, 0.2) is 193 Å². The van der Waals surface area contributed by atoms with E-state index in [1.807, 2.05) is 114 Å². The summed E-state index contributed by atoms with van der Waals surface area (Å²) in [6.45, 7) is 0. The smallest absolute Gasteiger partial charge is 0.318 e. The average molecular weight is 672 g/mol. The van der Waals surface area contributed by atoms with Crippen molar-refractivity contribution in [3.05, 3.63) is 198 Å². The molecule has 6 rings (SSSR count). The van der Waals surface area contributed by atoms with Crippen molar-refractivity contribution in [3.63, 3.8) is 0 Å². The van der Waals surface area contributed by atoms with Crippen LogP contribution in [-0.4, -0.2) is 5.17 Å². The van der Waals surface area contributed by atoms with E-state index in [4.69, 9.17) is 5.73 Å². The molecule has 7 heteroatoms. The van der Waals surface area contributed by atoms with Crippen molar-refractivity contribution in [2.24, 2.45) is 5.73 Å². The van der Waals surface area contributed by atoms with Gasteiger partial charge in [0.25, 0.3) is 0 Å². The molecule has 47 heavy (non-hydrogen) atoms. The molecule has 0 amide bonds. The molecule has 0 saturated carbocycles. The highest BCUT2D eigenvalue weighted by Crippen LogP contribution is 2.62. The Morgan fingerprint density at radius 1 is 0.574 bits per heavy atom. The molecule has 0 bridgehead atoms. The molecule has 0 aliphatic rings. The molecule has 6 aromatic carbocycles. The number of thioether (sulfide) groups is 1. The normalized spacial score (nSPS) is 12.0. The summed E-state index contributed by atoms with van der Waals surface area (Å²) in [6, 6.07) is 61.2. The lowest BCUT2D eigenvalue weighted by atomic mass is 10.2. The van der Waals surface area contributed by atoms with Gasteiger partial charge in [-0.3, -0.25) is 5.73 Å². The van der Waals surface area contributed by atoms with E-state index < -0.39 is 13.5 Å². The molecule has 0 spiro atoms. The van der Waals surface area contributed by atoms with Crippen molar-refractivity contribution >= 4 is 51.5 Å². The number of rotatable bonds is 10. The molecule has 0 heterocycles. The first-order valence-electron chi connectivity index (χ1n) is 15.1. The molecule has 234 valence electrons. The summed E-state index contributed by atoms with van der Waals surface area (Å²) in [4.78, 5) is 0. The first-order valence-corrected chi connectivity index (χ1v) is 17.8. The molecule has 6 aromatic rings. The number of amidine groups is 1. The maximum Gasteiger partial charge on any atom is 0.318 e. The van der Waals surface area contributed by atoms with Gasteiger partial charge in [0.15, 0.2) is 12.7 Å². The molecule has 0 radical (unpaired) electrons. The third-order valence-corrected chi connectivity index (χ3v) is 12.9. The van der Waals surface area contributed by atoms with Crippen LogP contribution in [0.25, 0.3) is 0 Å². The van der Waals surface area contributed by atoms with Gasteiger partial charge in [-0.25, -0.2) is 0 Å². The highest BCUT2D eigenvalue weighted by molar-refractivity contribution is 8.16. The Morgan fingerprint density at radius 3 is 1.30 bits per heavy atom. The van der Waals surface area contributed by atoms with Gasteiger partial charge in [0, 0.05) is 5.41 Å². The van der Waals surface area contributed by atoms with Crippen LogP contribution in [0, 0.1) is 0 Å². The second-order valence-corrected chi connectivity index (χ2v) is 14.8. The van der Waals surface area contributed by atoms with Gasteiger partial charge in [0.1, 0.15) is 27.3 Å². The van der Waals surface area contributed by atoms with E-state index >= 15 is 0 Å². The van der Waals surface area contributed by atoms with Crippen LogP contribution in [0.4, 0.5) is 11.4 Å². The van der Waals surface area contributed by atoms with Crippen molar-refractivity contribution in [1.29, 1.82) is 0 Å². The predicted molar refractivity (Wildman–Crippen MR) is 197 cm³/mol. The first-order chi connectivity index (χ1) is 22.7. The molecule has 3 N–H and O–H groups in total. The zero-order chi connectivity index (χ0) is 31.6. The molecule has 4 nitrogen and oxygen atoms in total. The number of nitrogens with one attached hydrogen (secondary N) is 1. The van der Waals surface area contributed by atoms with Gasteiger partial charge in [0.05, 0.1) is 0 Å². The predicted octanol–water partition coefficient (Wildman–Crippen LogP) is 4.01. The zero-order valence-electron chi connectivity index (χ0n) is 25.6. The summed E-state index contributed by atoms with van der Waals surface area (Å²) in [6.07, 6.45) is -1.20. The van der Waals surface area contributed by atoms with Crippen LogP contribution in [-0.2, 0) is 0 Å². The minimum Gasteiger partial charge on any atom is -1.00 e. The van der Waals surface area contributed by atoms with Gasteiger partial charge < -0.3 is 22.8 Å². The summed E-state index contributed by atoms with van der Waals surface area (Å²) in [5.41, 5.74) is 10.4. The van der Waals surface area contributed by atoms with Crippen molar-refractivity contribution in [3.8, 4) is 0 Å². The highest BCUT2D eigenvalue weighted by Gasteiger charge is 2.50. The van der Waals surface area contributed by atoms with Gasteiger partial charge in [-0.05, 0) is 84.2 Å². The van der Waals surface area contributed by atoms with Crippen molar-refractivity contribution < 1.29 is 17.5 Å². The van der Waals surface area contributed by atoms with Crippen LogP contribution in [0.1, 0.15) is 11.8 Å². The lowest BCUT2D eigenvalue weighted by molar-refractivity contribution is -0.433. The molecule has 0 fully saturated rings. The van der Waals surface area contributed by atoms with Crippen LogP contribution < -0.4 is 49.1 Å². The Morgan fingerprint density at radius 2 is 0.915 bits per heavy atom. The minimum atomic E-state index is -2.63. The molecule has 0 aliphatic heterocycles. The van der Waals surface area contributed by atoms with E-state index in [0.717, 1.165) is 32.7 Å². The van der Waals surface area contributed by atoms with E-state index in [2.05, 4.69) is 83.5 Å². The van der Waals surface area contributed by atoms with Gasteiger partial charge in [-0.1, -0.05) is 121 Å². The molecular weight excluding hydrogens is 637 g/mol. The number of halogens is 1. The lowest BCUT2D eigenvalue weighted by Gasteiger charge is -2.34. The summed E-state index contributed by atoms with van der Waals surface area (Å²) in [5.74, 6) is 0. The Bertz CT molecular complexity index is 1760. The van der Waals surface area contributed by atoms with Crippen molar-refractivity contribution in [2.75, 3.05) is 0 Å².